The van der Waals surface area contributed by atoms with E-state index in [2.05, 4.69) is 0 Å². The first-order chi connectivity index (χ1) is 8.41. The standard InChI is InChI=1S/C14H14O3S/c1-10-3-4-11(2)14(9-10)18(16,17)13-7-5-12(15)6-8-13/h3-9,15H,1-2H3. The first kappa shape index (κ1) is 12.6. The van der Waals surface area contributed by atoms with Crippen LogP contribution in [0.3, 0.4) is 0 Å². The molecule has 94 valence electrons. The van der Waals surface area contributed by atoms with Crippen molar-refractivity contribution in [3.05, 3.63) is 53.6 Å². The Morgan fingerprint density at radius 1 is 0.944 bits per heavy atom. The summed E-state index contributed by atoms with van der Waals surface area (Å²) < 4.78 is 24.9. The van der Waals surface area contributed by atoms with E-state index in [0.717, 1.165) is 5.56 Å². The van der Waals surface area contributed by atoms with Gasteiger partial charge in [-0.05, 0) is 55.3 Å². The van der Waals surface area contributed by atoms with Gasteiger partial charge in [0.15, 0.2) is 0 Å². The Morgan fingerprint density at radius 3 is 2.17 bits per heavy atom. The smallest absolute Gasteiger partial charge is 0.206 e. The maximum Gasteiger partial charge on any atom is 0.206 e. The lowest BCUT2D eigenvalue weighted by Gasteiger charge is -2.08. The molecule has 2 aromatic rings. The summed E-state index contributed by atoms with van der Waals surface area (Å²) in [5.74, 6) is 0.0508. The Kier molecular flexibility index (Phi) is 3.13. The Morgan fingerprint density at radius 2 is 1.56 bits per heavy atom. The molecule has 0 spiro atoms. The molecule has 0 aliphatic heterocycles. The van der Waals surface area contributed by atoms with Crippen LogP contribution in [-0.2, 0) is 9.84 Å². The van der Waals surface area contributed by atoms with Gasteiger partial charge in [-0.2, -0.15) is 0 Å². The summed E-state index contributed by atoms with van der Waals surface area (Å²) in [4.78, 5) is 0.502. The van der Waals surface area contributed by atoms with Crippen molar-refractivity contribution in [2.24, 2.45) is 0 Å². The SMILES string of the molecule is Cc1ccc(C)c(S(=O)(=O)c2ccc(O)cc2)c1. The van der Waals surface area contributed by atoms with Crippen molar-refractivity contribution in [3.63, 3.8) is 0 Å². The fourth-order valence-corrected chi connectivity index (χ4v) is 3.33. The van der Waals surface area contributed by atoms with E-state index in [1.807, 2.05) is 13.0 Å². The molecule has 0 radical (unpaired) electrons. The van der Waals surface area contributed by atoms with Crippen molar-refractivity contribution >= 4 is 9.84 Å². The Labute approximate surface area is 107 Å². The van der Waals surface area contributed by atoms with Crippen LogP contribution in [0.2, 0.25) is 0 Å². The van der Waals surface area contributed by atoms with E-state index >= 15 is 0 Å². The minimum atomic E-state index is -3.52. The Balaban J connectivity index is 2.61. The number of benzene rings is 2. The summed E-state index contributed by atoms with van der Waals surface area (Å²) in [7, 11) is -3.52. The molecular formula is C14H14O3S. The molecule has 4 heteroatoms. The van der Waals surface area contributed by atoms with Gasteiger partial charge in [0.2, 0.25) is 9.84 Å². The second-order valence-corrected chi connectivity index (χ2v) is 6.18. The molecule has 0 aromatic heterocycles. The summed E-state index contributed by atoms with van der Waals surface area (Å²) in [5.41, 5.74) is 1.62. The molecule has 0 unspecified atom stereocenters. The quantitative estimate of drug-likeness (QED) is 0.905. The zero-order valence-corrected chi connectivity index (χ0v) is 11.0. The highest BCUT2D eigenvalue weighted by Gasteiger charge is 2.19. The molecule has 0 atom stereocenters. The number of aryl methyl sites for hydroxylation is 2. The third-order valence-corrected chi connectivity index (χ3v) is 4.69. The van der Waals surface area contributed by atoms with Crippen LogP contribution in [0, 0.1) is 13.8 Å². The lowest BCUT2D eigenvalue weighted by atomic mass is 10.2. The molecule has 0 bridgehead atoms. The van der Waals surface area contributed by atoms with E-state index in [1.54, 1.807) is 19.1 Å². The number of hydrogen-bond donors (Lipinski definition) is 1. The van der Waals surface area contributed by atoms with Gasteiger partial charge in [0.25, 0.3) is 0 Å². The van der Waals surface area contributed by atoms with Gasteiger partial charge < -0.3 is 5.11 Å². The molecule has 0 fully saturated rings. The fraction of sp³-hybridized carbons (Fsp3) is 0.143. The molecule has 0 saturated heterocycles. The average Bonchev–Trinajstić information content (AvgIpc) is 2.32. The van der Waals surface area contributed by atoms with E-state index < -0.39 is 9.84 Å². The molecule has 3 nitrogen and oxygen atoms in total. The fourth-order valence-electron chi connectivity index (χ4n) is 1.75. The molecular weight excluding hydrogens is 248 g/mol. The summed E-state index contributed by atoms with van der Waals surface area (Å²) in [6, 6.07) is 10.9. The van der Waals surface area contributed by atoms with Crippen molar-refractivity contribution in [1.29, 1.82) is 0 Å². The first-order valence-electron chi connectivity index (χ1n) is 5.52. The van der Waals surface area contributed by atoms with Crippen molar-refractivity contribution in [3.8, 4) is 5.75 Å². The number of phenols is 1. The van der Waals surface area contributed by atoms with Crippen LogP contribution in [0.25, 0.3) is 0 Å². The largest absolute Gasteiger partial charge is 0.508 e. The zero-order chi connectivity index (χ0) is 13.3. The van der Waals surface area contributed by atoms with Crippen LogP contribution in [-0.4, -0.2) is 13.5 Å². The van der Waals surface area contributed by atoms with Gasteiger partial charge in [-0.25, -0.2) is 8.42 Å². The lowest BCUT2D eigenvalue weighted by Crippen LogP contribution is -2.04. The number of rotatable bonds is 2. The molecule has 2 aromatic carbocycles. The van der Waals surface area contributed by atoms with E-state index in [-0.39, 0.29) is 10.6 Å². The molecule has 18 heavy (non-hydrogen) atoms. The molecule has 0 amide bonds. The highest BCUT2D eigenvalue weighted by Crippen LogP contribution is 2.25. The van der Waals surface area contributed by atoms with E-state index in [1.165, 1.54) is 24.3 Å². The van der Waals surface area contributed by atoms with Crippen molar-refractivity contribution in [2.75, 3.05) is 0 Å². The average molecular weight is 262 g/mol. The number of sulfone groups is 1. The molecule has 0 aliphatic rings. The summed E-state index contributed by atoms with van der Waals surface area (Å²) in [6.07, 6.45) is 0. The van der Waals surface area contributed by atoms with E-state index in [0.29, 0.717) is 10.5 Å². The van der Waals surface area contributed by atoms with E-state index in [9.17, 15) is 13.5 Å². The number of hydrogen-bond acceptors (Lipinski definition) is 3. The predicted octanol–water partition coefficient (Wildman–Crippen LogP) is 2.84. The van der Waals surface area contributed by atoms with Crippen LogP contribution < -0.4 is 0 Å². The number of phenolic OH excluding ortho intramolecular Hbond substituents is 1. The lowest BCUT2D eigenvalue weighted by molar-refractivity contribution is 0.475. The Bertz CT molecular complexity index is 671. The number of aromatic hydroxyl groups is 1. The third kappa shape index (κ3) is 2.24. The second kappa shape index (κ2) is 4.46. The van der Waals surface area contributed by atoms with Crippen LogP contribution in [0.15, 0.2) is 52.3 Å². The highest BCUT2D eigenvalue weighted by molar-refractivity contribution is 7.91. The van der Waals surface area contributed by atoms with Crippen LogP contribution >= 0.6 is 0 Å². The minimum Gasteiger partial charge on any atom is -0.508 e. The predicted molar refractivity (Wildman–Crippen MR) is 69.5 cm³/mol. The van der Waals surface area contributed by atoms with Crippen LogP contribution in [0.5, 0.6) is 5.75 Å². The summed E-state index contributed by atoms with van der Waals surface area (Å²) in [5, 5.41) is 9.20. The minimum absolute atomic E-state index is 0.0508. The van der Waals surface area contributed by atoms with Crippen LogP contribution in [0.1, 0.15) is 11.1 Å². The third-order valence-electron chi connectivity index (χ3n) is 2.78. The zero-order valence-electron chi connectivity index (χ0n) is 10.2. The van der Waals surface area contributed by atoms with Gasteiger partial charge in [-0.1, -0.05) is 12.1 Å². The monoisotopic (exact) mass is 262 g/mol. The van der Waals surface area contributed by atoms with Crippen LogP contribution in [0.4, 0.5) is 0 Å². The van der Waals surface area contributed by atoms with E-state index in [4.69, 9.17) is 0 Å². The molecule has 0 saturated carbocycles. The van der Waals surface area contributed by atoms with Gasteiger partial charge in [0.1, 0.15) is 5.75 Å². The maximum absolute atomic E-state index is 12.4. The van der Waals surface area contributed by atoms with Gasteiger partial charge in [-0.15, -0.1) is 0 Å². The highest BCUT2D eigenvalue weighted by atomic mass is 32.2. The van der Waals surface area contributed by atoms with Gasteiger partial charge >= 0.3 is 0 Å². The molecule has 0 aliphatic carbocycles. The maximum atomic E-state index is 12.4. The second-order valence-electron chi connectivity index (χ2n) is 4.27. The normalized spacial score (nSPS) is 11.4. The van der Waals surface area contributed by atoms with Gasteiger partial charge in [0.05, 0.1) is 9.79 Å². The van der Waals surface area contributed by atoms with Gasteiger partial charge in [-0.3, -0.25) is 0 Å². The van der Waals surface area contributed by atoms with Crippen molar-refractivity contribution < 1.29 is 13.5 Å². The first-order valence-corrected chi connectivity index (χ1v) is 7.01. The topological polar surface area (TPSA) is 54.4 Å². The molecule has 2 rings (SSSR count). The molecule has 0 heterocycles. The van der Waals surface area contributed by atoms with Crippen molar-refractivity contribution in [1.82, 2.24) is 0 Å². The van der Waals surface area contributed by atoms with Crippen molar-refractivity contribution in [2.45, 2.75) is 23.6 Å². The molecule has 1 N–H and O–H groups in total. The summed E-state index contributed by atoms with van der Waals surface area (Å²) >= 11 is 0. The Hall–Kier alpha value is -1.81. The van der Waals surface area contributed by atoms with Gasteiger partial charge in [0, 0.05) is 0 Å². The summed E-state index contributed by atoms with van der Waals surface area (Å²) in [6.45, 7) is 3.63.